The Kier molecular flexibility index (Phi) is 1.40. The van der Waals surface area contributed by atoms with Gasteiger partial charge in [0.1, 0.15) is 5.58 Å². The van der Waals surface area contributed by atoms with Crippen LogP contribution in [0.2, 0.25) is 0 Å². The van der Waals surface area contributed by atoms with Gasteiger partial charge in [-0.2, -0.15) is 0 Å². The van der Waals surface area contributed by atoms with Gasteiger partial charge in [0.25, 0.3) is 0 Å². The maximum Gasteiger partial charge on any atom is 0.170 e. The molecule has 0 spiro atoms. The van der Waals surface area contributed by atoms with E-state index in [1.165, 1.54) is 12.3 Å². The van der Waals surface area contributed by atoms with Crippen LogP contribution in [0.25, 0.3) is 11.0 Å². The molecule has 0 N–H and O–H groups in total. The summed E-state index contributed by atoms with van der Waals surface area (Å²) >= 11 is 0. The molecule has 62 valence electrons. The average Bonchev–Trinajstić information content (AvgIpc) is 2.41. The van der Waals surface area contributed by atoms with Crippen LogP contribution in [0.5, 0.6) is 0 Å². The molecule has 0 amide bonds. The molecule has 0 unspecified atom stereocenters. The first kappa shape index (κ1) is 7.28. The van der Waals surface area contributed by atoms with E-state index in [4.69, 9.17) is 4.42 Å². The summed E-state index contributed by atoms with van der Waals surface area (Å²) in [6, 6.07) is 2.47. The SMILES string of the molecule is Cc1coc2ccc(F)c(F)c12. The first-order chi connectivity index (χ1) is 5.70. The van der Waals surface area contributed by atoms with Crippen LogP contribution in [-0.2, 0) is 0 Å². The lowest BCUT2D eigenvalue weighted by Gasteiger charge is -1.93. The highest BCUT2D eigenvalue weighted by atomic mass is 19.2. The summed E-state index contributed by atoms with van der Waals surface area (Å²) in [4.78, 5) is 0. The van der Waals surface area contributed by atoms with E-state index in [1.807, 2.05) is 0 Å². The number of benzene rings is 1. The highest BCUT2D eigenvalue weighted by molar-refractivity contribution is 5.81. The minimum absolute atomic E-state index is 0.231. The molecule has 1 aromatic heterocycles. The summed E-state index contributed by atoms with van der Waals surface area (Å²) in [6.07, 6.45) is 1.41. The molecule has 1 heterocycles. The summed E-state index contributed by atoms with van der Waals surface area (Å²) in [6.45, 7) is 1.67. The van der Waals surface area contributed by atoms with Crippen molar-refractivity contribution >= 4 is 11.0 Å². The lowest BCUT2D eigenvalue weighted by molar-refractivity contribution is 0.515. The van der Waals surface area contributed by atoms with Crippen molar-refractivity contribution in [2.24, 2.45) is 0 Å². The minimum atomic E-state index is -0.841. The van der Waals surface area contributed by atoms with Gasteiger partial charge in [-0.3, -0.25) is 0 Å². The van der Waals surface area contributed by atoms with Gasteiger partial charge in [-0.25, -0.2) is 8.78 Å². The zero-order valence-corrected chi connectivity index (χ0v) is 6.40. The average molecular weight is 168 g/mol. The monoisotopic (exact) mass is 168 g/mol. The highest BCUT2D eigenvalue weighted by Gasteiger charge is 2.11. The molecule has 3 heteroatoms. The fourth-order valence-electron chi connectivity index (χ4n) is 1.21. The van der Waals surface area contributed by atoms with Crippen LogP contribution < -0.4 is 0 Å². The van der Waals surface area contributed by atoms with Gasteiger partial charge in [0.2, 0.25) is 0 Å². The van der Waals surface area contributed by atoms with Gasteiger partial charge in [-0.15, -0.1) is 0 Å². The van der Waals surface area contributed by atoms with Crippen LogP contribution in [-0.4, -0.2) is 0 Å². The molecule has 2 rings (SSSR count). The first-order valence-corrected chi connectivity index (χ1v) is 3.52. The Morgan fingerprint density at radius 3 is 2.75 bits per heavy atom. The Labute approximate surface area is 67.6 Å². The second-order valence-corrected chi connectivity index (χ2v) is 2.65. The van der Waals surface area contributed by atoms with E-state index in [9.17, 15) is 8.78 Å². The number of halogens is 2. The van der Waals surface area contributed by atoms with Gasteiger partial charge < -0.3 is 4.42 Å². The van der Waals surface area contributed by atoms with Crippen molar-refractivity contribution in [3.8, 4) is 0 Å². The van der Waals surface area contributed by atoms with Crippen molar-refractivity contribution in [3.05, 3.63) is 35.6 Å². The summed E-state index contributed by atoms with van der Waals surface area (Å²) in [5.41, 5.74) is 0.994. The zero-order valence-electron chi connectivity index (χ0n) is 6.40. The Balaban J connectivity index is 2.96. The maximum atomic E-state index is 13.1. The van der Waals surface area contributed by atoms with Crippen LogP contribution >= 0.6 is 0 Å². The molecule has 0 fully saturated rings. The van der Waals surface area contributed by atoms with Gasteiger partial charge >= 0.3 is 0 Å². The van der Waals surface area contributed by atoms with E-state index in [1.54, 1.807) is 6.92 Å². The van der Waals surface area contributed by atoms with E-state index in [-0.39, 0.29) is 5.39 Å². The van der Waals surface area contributed by atoms with Gasteiger partial charge in [-0.05, 0) is 24.6 Å². The highest BCUT2D eigenvalue weighted by Crippen LogP contribution is 2.24. The molecule has 0 atom stereocenters. The summed E-state index contributed by atoms with van der Waals surface area (Å²) in [5, 5.41) is 0.231. The molecule has 0 aliphatic carbocycles. The second kappa shape index (κ2) is 2.30. The summed E-state index contributed by atoms with van der Waals surface area (Å²) < 4.78 is 30.7. The molecule has 1 nitrogen and oxygen atoms in total. The minimum Gasteiger partial charge on any atom is -0.464 e. The number of furan rings is 1. The van der Waals surface area contributed by atoms with Crippen molar-refractivity contribution in [2.75, 3.05) is 0 Å². The van der Waals surface area contributed by atoms with Crippen LogP contribution in [0.1, 0.15) is 5.56 Å². The number of rotatable bonds is 0. The predicted octanol–water partition coefficient (Wildman–Crippen LogP) is 3.02. The van der Waals surface area contributed by atoms with Crippen LogP contribution in [0.4, 0.5) is 8.78 Å². The molecule has 2 aromatic rings. The third-order valence-corrected chi connectivity index (χ3v) is 1.81. The third-order valence-electron chi connectivity index (χ3n) is 1.81. The molecule has 0 bridgehead atoms. The van der Waals surface area contributed by atoms with Gasteiger partial charge in [-0.1, -0.05) is 0 Å². The molecule has 1 aromatic carbocycles. The standard InChI is InChI=1S/C9H6F2O/c1-5-4-12-7-3-2-6(10)9(11)8(5)7/h2-4H,1H3. The predicted molar refractivity (Wildman–Crippen MR) is 40.9 cm³/mol. The van der Waals surface area contributed by atoms with Gasteiger partial charge in [0.15, 0.2) is 11.6 Å². The van der Waals surface area contributed by atoms with Crippen molar-refractivity contribution in [3.63, 3.8) is 0 Å². The lowest BCUT2D eigenvalue weighted by atomic mass is 10.2. The fraction of sp³-hybridized carbons (Fsp3) is 0.111. The molecule has 0 saturated heterocycles. The maximum absolute atomic E-state index is 13.1. The normalized spacial score (nSPS) is 10.9. The van der Waals surface area contributed by atoms with Crippen molar-refractivity contribution in [1.29, 1.82) is 0 Å². The van der Waals surface area contributed by atoms with Gasteiger partial charge in [0, 0.05) is 0 Å². The topological polar surface area (TPSA) is 13.1 Å². The van der Waals surface area contributed by atoms with E-state index >= 15 is 0 Å². The number of aryl methyl sites for hydroxylation is 1. The van der Waals surface area contributed by atoms with E-state index in [0.717, 1.165) is 6.07 Å². The van der Waals surface area contributed by atoms with Gasteiger partial charge in [0.05, 0.1) is 11.6 Å². The van der Waals surface area contributed by atoms with E-state index < -0.39 is 11.6 Å². The number of hydrogen-bond acceptors (Lipinski definition) is 1. The Morgan fingerprint density at radius 2 is 2.00 bits per heavy atom. The van der Waals surface area contributed by atoms with Crippen molar-refractivity contribution in [2.45, 2.75) is 6.92 Å². The number of hydrogen-bond donors (Lipinski definition) is 0. The lowest BCUT2D eigenvalue weighted by Crippen LogP contribution is -1.83. The quantitative estimate of drug-likeness (QED) is 0.589. The summed E-state index contributed by atoms with van der Waals surface area (Å²) in [5.74, 6) is -1.68. The molecule has 0 saturated carbocycles. The molecular formula is C9H6F2O. The Bertz CT molecular complexity index is 431. The smallest absolute Gasteiger partial charge is 0.170 e. The molecule has 0 aliphatic rings. The number of fused-ring (bicyclic) bond motifs is 1. The molecular weight excluding hydrogens is 162 g/mol. The largest absolute Gasteiger partial charge is 0.464 e. The first-order valence-electron chi connectivity index (χ1n) is 3.52. The molecule has 0 aliphatic heterocycles. The summed E-state index contributed by atoms with van der Waals surface area (Å²) in [7, 11) is 0. The Hall–Kier alpha value is -1.38. The van der Waals surface area contributed by atoms with Crippen LogP contribution in [0.15, 0.2) is 22.8 Å². The zero-order chi connectivity index (χ0) is 8.72. The fourth-order valence-corrected chi connectivity index (χ4v) is 1.21. The van der Waals surface area contributed by atoms with E-state index in [2.05, 4.69) is 0 Å². The van der Waals surface area contributed by atoms with E-state index in [0.29, 0.717) is 11.1 Å². The molecule has 0 radical (unpaired) electrons. The van der Waals surface area contributed by atoms with Crippen molar-refractivity contribution in [1.82, 2.24) is 0 Å². The van der Waals surface area contributed by atoms with Crippen LogP contribution in [0, 0.1) is 18.6 Å². The molecule has 12 heavy (non-hydrogen) atoms. The Morgan fingerprint density at radius 1 is 1.25 bits per heavy atom. The van der Waals surface area contributed by atoms with Crippen LogP contribution in [0.3, 0.4) is 0 Å². The third kappa shape index (κ3) is 0.826. The van der Waals surface area contributed by atoms with Crippen molar-refractivity contribution < 1.29 is 13.2 Å². The second-order valence-electron chi connectivity index (χ2n) is 2.65.